The molecule has 0 saturated carbocycles. The number of halogens is 3. The zero-order chi connectivity index (χ0) is 20.2. The zero-order valence-electron chi connectivity index (χ0n) is 14.7. The van der Waals surface area contributed by atoms with Crippen molar-refractivity contribution in [1.82, 2.24) is 19.7 Å². The van der Waals surface area contributed by atoms with Crippen LogP contribution in [0.1, 0.15) is 22.9 Å². The molecule has 148 valence electrons. The number of nitrogens with zero attached hydrogens (tertiary/aromatic N) is 4. The minimum absolute atomic E-state index is 0.118. The molecule has 4 heterocycles. The molecule has 0 saturated heterocycles. The van der Waals surface area contributed by atoms with Crippen LogP contribution in [0.3, 0.4) is 0 Å². The maximum absolute atomic E-state index is 13.2. The summed E-state index contributed by atoms with van der Waals surface area (Å²) in [7, 11) is 0. The van der Waals surface area contributed by atoms with Crippen molar-refractivity contribution in [3.63, 3.8) is 0 Å². The molecule has 0 bridgehead atoms. The lowest BCUT2D eigenvalue weighted by Gasteiger charge is -2.08. The molecule has 0 atom stereocenters. The summed E-state index contributed by atoms with van der Waals surface area (Å²) in [6.45, 7) is 0.707. The lowest BCUT2D eigenvalue weighted by molar-refractivity contribution is -0.286. The van der Waals surface area contributed by atoms with E-state index in [0.717, 1.165) is 18.7 Å². The van der Waals surface area contributed by atoms with Gasteiger partial charge >= 0.3 is 6.29 Å². The zero-order valence-corrected chi connectivity index (χ0v) is 15.4. The molecule has 0 aliphatic carbocycles. The Morgan fingerprint density at radius 2 is 2.00 bits per heavy atom. The van der Waals surface area contributed by atoms with Gasteiger partial charge in [-0.05, 0) is 24.6 Å². The second-order valence-corrected chi connectivity index (χ2v) is 6.93. The average Bonchev–Trinajstić information content (AvgIpc) is 3.34. The Morgan fingerprint density at radius 3 is 2.76 bits per heavy atom. The van der Waals surface area contributed by atoms with Gasteiger partial charge in [-0.2, -0.15) is 0 Å². The van der Waals surface area contributed by atoms with Crippen molar-refractivity contribution in [2.45, 2.75) is 25.7 Å². The summed E-state index contributed by atoms with van der Waals surface area (Å²) in [5.41, 5.74) is 0.991. The maximum Gasteiger partial charge on any atom is 0.586 e. The third-order valence-corrected chi connectivity index (χ3v) is 4.93. The van der Waals surface area contributed by atoms with E-state index in [-0.39, 0.29) is 22.3 Å². The molecule has 2 aliphatic heterocycles. The third kappa shape index (κ3) is 3.15. The van der Waals surface area contributed by atoms with E-state index in [1.807, 2.05) is 0 Å². The summed E-state index contributed by atoms with van der Waals surface area (Å²) in [6.07, 6.45) is -0.528. The number of alkyl halides is 2. The maximum atomic E-state index is 13.2. The second-order valence-electron chi connectivity index (χ2n) is 6.53. The molecule has 29 heavy (non-hydrogen) atoms. The van der Waals surface area contributed by atoms with Crippen LogP contribution in [0.15, 0.2) is 30.5 Å². The molecule has 0 fully saturated rings. The largest absolute Gasteiger partial charge is 0.586 e. The number of amides is 1. The van der Waals surface area contributed by atoms with E-state index in [4.69, 9.17) is 11.6 Å². The van der Waals surface area contributed by atoms with Crippen LogP contribution in [0.4, 0.5) is 14.6 Å². The molecule has 2 aromatic heterocycles. The summed E-state index contributed by atoms with van der Waals surface area (Å²) >= 11 is 6.19. The fourth-order valence-corrected chi connectivity index (χ4v) is 3.57. The first-order valence-corrected chi connectivity index (χ1v) is 9.07. The van der Waals surface area contributed by atoms with Gasteiger partial charge in [0.1, 0.15) is 11.6 Å². The molecular formula is C18H12ClF2N5O3. The standard InChI is InChI=1S/C18H12ClF2N5O3/c19-11-7-13-12(28-18(20,21)29-13)6-10(11)9-3-4-14(22-8-9)23-17(27)16-25-24-15-2-1-5-26(15)16/h3-4,6-8H,1-2,5H2,(H,22,23,27). The van der Waals surface area contributed by atoms with Crippen molar-refractivity contribution in [3.05, 3.63) is 47.1 Å². The summed E-state index contributed by atoms with van der Waals surface area (Å²) in [6, 6.07) is 5.84. The molecule has 0 spiro atoms. The summed E-state index contributed by atoms with van der Waals surface area (Å²) in [4.78, 5) is 16.6. The Labute approximate surface area is 167 Å². The highest BCUT2D eigenvalue weighted by Crippen LogP contribution is 2.46. The lowest BCUT2D eigenvalue weighted by Crippen LogP contribution is -2.25. The van der Waals surface area contributed by atoms with Gasteiger partial charge in [-0.25, -0.2) is 4.98 Å². The van der Waals surface area contributed by atoms with Gasteiger partial charge in [0.05, 0.1) is 5.02 Å². The molecule has 0 radical (unpaired) electrons. The molecular weight excluding hydrogens is 408 g/mol. The summed E-state index contributed by atoms with van der Waals surface area (Å²) in [5.74, 6) is 0.671. The molecule has 2 aliphatic rings. The van der Waals surface area contributed by atoms with Crippen LogP contribution in [0.2, 0.25) is 5.02 Å². The number of carbonyl (C=O) groups excluding carboxylic acids is 1. The van der Waals surface area contributed by atoms with Gasteiger partial charge in [0.2, 0.25) is 5.82 Å². The van der Waals surface area contributed by atoms with Crippen LogP contribution in [0.5, 0.6) is 11.5 Å². The highest BCUT2D eigenvalue weighted by atomic mass is 35.5. The smallest absolute Gasteiger partial charge is 0.395 e. The first kappa shape index (κ1) is 17.8. The normalized spacial score (nSPS) is 16.0. The van der Waals surface area contributed by atoms with Gasteiger partial charge in [0.15, 0.2) is 11.5 Å². The number of fused-ring (bicyclic) bond motifs is 2. The summed E-state index contributed by atoms with van der Waals surface area (Å²) in [5, 5.41) is 10.8. The Kier molecular flexibility index (Phi) is 3.91. The van der Waals surface area contributed by atoms with Crippen molar-refractivity contribution in [2.24, 2.45) is 0 Å². The Balaban J connectivity index is 1.36. The lowest BCUT2D eigenvalue weighted by atomic mass is 10.1. The molecule has 11 heteroatoms. The first-order valence-electron chi connectivity index (χ1n) is 8.69. The number of ether oxygens (including phenoxy) is 2. The molecule has 5 rings (SSSR count). The number of aromatic nitrogens is 4. The van der Waals surface area contributed by atoms with Crippen LogP contribution in [0.25, 0.3) is 11.1 Å². The van der Waals surface area contributed by atoms with Gasteiger partial charge < -0.3 is 19.4 Å². The number of carbonyl (C=O) groups is 1. The van der Waals surface area contributed by atoms with Gasteiger partial charge in [-0.3, -0.25) is 4.79 Å². The van der Waals surface area contributed by atoms with Crippen LogP contribution in [-0.2, 0) is 13.0 Å². The SMILES string of the molecule is O=C(Nc1ccc(-c2cc3c(cc2Cl)OC(F)(F)O3)cn1)c1nnc2n1CCC2. The number of pyridine rings is 1. The summed E-state index contributed by atoms with van der Waals surface area (Å²) < 4.78 is 37.1. The van der Waals surface area contributed by atoms with Crippen molar-refractivity contribution in [1.29, 1.82) is 0 Å². The minimum atomic E-state index is -3.72. The van der Waals surface area contributed by atoms with E-state index in [1.54, 1.807) is 16.7 Å². The van der Waals surface area contributed by atoms with Crippen molar-refractivity contribution < 1.29 is 23.0 Å². The second kappa shape index (κ2) is 6.38. The van der Waals surface area contributed by atoms with Crippen LogP contribution < -0.4 is 14.8 Å². The van der Waals surface area contributed by atoms with E-state index in [9.17, 15) is 13.6 Å². The first-order chi connectivity index (χ1) is 13.9. The fourth-order valence-electron chi connectivity index (χ4n) is 3.31. The number of nitrogens with one attached hydrogen (secondary N) is 1. The number of hydrogen-bond acceptors (Lipinski definition) is 6. The number of benzene rings is 1. The quantitative estimate of drug-likeness (QED) is 0.698. The highest BCUT2D eigenvalue weighted by Gasteiger charge is 2.43. The molecule has 8 nitrogen and oxygen atoms in total. The van der Waals surface area contributed by atoms with Crippen LogP contribution in [0, 0.1) is 0 Å². The molecule has 1 amide bonds. The molecule has 1 aromatic carbocycles. The Morgan fingerprint density at radius 1 is 1.21 bits per heavy atom. The van der Waals surface area contributed by atoms with E-state index in [2.05, 4.69) is 30.0 Å². The van der Waals surface area contributed by atoms with E-state index in [0.29, 0.717) is 23.5 Å². The third-order valence-electron chi connectivity index (χ3n) is 4.62. The number of anilines is 1. The van der Waals surface area contributed by atoms with Crippen molar-refractivity contribution >= 4 is 23.3 Å². The topological polar surface area (TPSA) is 91.2 Å². The Bertz CT molecular complexity index is 1130. The van der Waals surface area contributed by atoms with Gasteiger partial charge in [0, 0.05) is 36.4 Å². The predicted molar refractivity (Wildman–Crippen MR) is 97.2 cm³/mol. The van der Waals surface area contributed by atoms with E-state index in [1.165, 1.54) is 18.3 Å². The molecule has 1 N–H and O–H groups in total. The van der Waals surface area contributed by atoms with Gasteiger partial charge in [-0.1, -0.05) is 11.6 Å². The molecule has 0 unspecified atom stereocenters. The number of hydrogen-bond donors (Lipinski definition) is 1. The van der Waals surface area contributed by atoms with Crippen LogP contribution in [-0.4, -0.2) is 32.0 Å². The van der Waals surface area contributed by atoms with E-state index < -0.39 is 12.2 Å². The fraction of sp³-hybridized carbons (Fsp3) is 0.222. The highest BCUT2D eigenvalue weighted by molar-refractivity contribution is 6.33. The monoisotopic (exact) mass is 419 g/mol. The predicted octanol–water partition coefficient (Wildman–Crippen LogP) is 3.51. The number of rotatable bonds is 3. The molecule has 3 aromatic rings. The Hall–Kier alpha value is -3.27. The van der Waals surface area contributed by atoms with Crippen LogP contribution >= 0.6 is 11.6 Å². The van der Waals surface area contributed by atoms with E-state index >= 15 is 0 Å². The van der Waals surface area contributed by atoms with Gasteiger partial charge in [0.25, 0.3) is 5.91 Å². The minimum Gasteiger partial charge on any atom is -0.395 e. The average molecular weight is 420 g/mol. The van der Waals surface area contributed by atoms with Crippen molar-refractivity contribution in [3.8, 4) is 22.6 Å². The van der Waals surface area contributed by atoms with Gasteiger partial charge in [-0.15, -0.1) is 19.0 Å². The number of aryl methyl sites for hydroxylation is 1. The van der Waals surface area contributed by atoms with Crippen molar-refractivity contribution in [2.75, 3.05) is 5.32 Å².